The monoisotopic (exact) mass is 376 g/mol. The zero-order valence-electron chi connectivity index (χ0n) is 14.4. The van der Waals surface area contributed by atoms with Gasteiger partial charge in [0, 0.05) is 23.6 Å². The Labute approximate surface area is 150 Å². The van der Waals surface area contributed by atoms with E-state index in [4.69, 9.17) is 5.14 Å². The van der Waals surface area contributed by atoms with Crippen molar-refractivity contribution in [3.8, 4) is 0 Å². The maximum atomic E-state index is 12.5. The van der Waals surface area contributed by atoms with Crippen LogP contribution in [0.25, 0.3) is 0 Å². The smallest absolute Gasteiger partial charge is 0.251 e. The molecule has 1 aromatic heterocycles. The largest absolute Gasteiger partial charge is 0.349 e. The van der Waals surface area contributed by atoms with E-state index in [-0.39, 0.29) is 33.9 Å². The average Bonchev–Trinajstić information content (AvgIpc) is 2.51. The number of nitrogens with one attached hydrogen (secondary N) is 2. The van der Waals surface area contributed by atoms with Crippen LogP contribution in [0.4, 0.5) is 0 Å². The first-order chi connectivity index (χ1) is 12.1. The number of amides is 1. The van der Waals surface area contributed by atoms with Crippen LogP contribution in [0.2, 0.25) is 0 Å². The fraction of sp³-hybridized carbons (Fsp3) is 0.353. The Balaban J connectivity index is 1.70. The van der Waals surface area contributed by atoms with Crippen molar-refractivity contribution in [2.75, 3.05) is 0 Å². The number of benzene rings is 1. The molecule has 1 heterocycles. The minimum Gasteiger partial charge on any atom is -0.349 e. The highest BCUT2D eigenvalue weighted by molar-refractivity contribution is 7.89. The molecule has 0 saturated heterocycles. The van der Waals surface area contributed by atoms with Crippen molar-refractivity contribution in [3.05, 3.63) is 57.3 Å². The average molecular weight is 376 g/mol. The van der Waals surface area contributed by atoms with Gasteiger partial charge in [0.25, 0.3) is 11.5 Å². The lowest BCUT2D eigenvalue weighted by atomic mass is 9.78. The van der Waals surface area contributed by atoms with E-state index in [1.807, 2.05) is 0 Å². The summed E-state index contributed by atoms with van der Waals surface area (Å²) in [4.78, 5) is 30.4. The quantitative estimate of drug-likeness (QED) is 0.722. The molecular formula is C17H20N4O4S. The fourth-order valence-corrected chi connectivity index (χ4v) is 3.99. The van der Waals surface area contributed by atoms with Crippen molar-refractivity contribution in [2.24, 2.45) is 5.14 Å². The van der Waals surface area contributed by atoms with Gasteiger partial charge >= 0.3 is 0 Å². The van der Waals surface area contributed by atoms with Crippen LogP contribution < -0.4 is 16.0 Å². The summed E-state index contributed by atoms with van der Waals surface area (Å²) in [5, 5.41) is 8.12. The predicted molar refractivity (Wildman–Crippen MR) is 95.4 cm³/mol. The van der Waals surface area contributed by atoms with E-state index < -0.39 is 10.0 Å². The first-order valence-corrected chi connectivity index (χ1v) is 9.69. The summed E-state index contributed by atoms with van der Waals surface area (Å²) in [6.45, 7) is 3.39. The Morgan fingerprint density at radius 3 is 2.58 bits per heavy atom. The fourth-order valence-electron chi connectivity index (χ4n) is 3.11. The number of rotatable bonds is 4. The molecule has 1 amide bonds. The third kappa shape index (κ3) is 3.68. The van der Waals surface area contributed by atoms with E-state index in [9.17, 15) is 18.0 Å². The van der Waals surface area contributed by atoms with Crippen molar-refractivity contribution in [1.82, 2.24) is 15.3 Å². The predicted octanol–water partition coefficient (Wildman–Crippen LogP) is 0.710. The highest BCUT2D eigenvalue weighted by atomic mass is 32.2. The Kier molecular flexibility index (Phi) is 4.68. The number of nitrogens with two attached hydrogens (primary N) is 1. The van der Waals surface area contributed by atoms with E-state index in [1.165, 1.54) is 18.5 Å². The summed E-state index contributed by atoms with van der Waals surface area (Å²) in [5.41, 5.74) is 1.99. The number of H-pyrrole nitrogens is 1. The first-order valence-electron chi connectivity index (χ1n) is 8.14. The van der Waals surface area contributed by atoms with Crippen LogP contribution in [-0.4, -0.2) is 30.3 Å². The van der Waals surface area contributed by atoms with Crippen LogP contribution in [0.15, 0.2) is 34.2 Å². The summed E-state index contributed by atoms with van der Waals surface area (Å²) >= 11 is 0. The number of aromatic amines is 1. The maximum absolute atomic E-state index is 12.5. The molecule has 8 nitrogen and oxygen atoms in total. The summed E-state index contributed by atoms with van der Waals surface area (Å²) in [6, 6.07) is 4.37. The second-order valence-corrected chi connectivity index (χ2v) is 8.17. The van der Waals surface area contributed by atoms with Gasteiger partial charge in [0.2, 0.25) is 10.0 Å². The molecule has 1 aliphatic carbocycles. The zero-order chi connectivity index (χ0) is 19.1. The molecule has 0 aliphatic heterocycles. The number of hydrogen-bond acceptors (Lipinski definition) is 5. The lowest BCUT2D eigenvalue weighted by Gasteiger charge is -2.35. The second-order valence-electron chi connectivity index (χ2n) is 6.64. The molecule has 0 spiro atoms. The first kappa shape index (κ1) is 18.3. The normalized spacial score (nSPS) is 19.7. The molecule has 0 unspecified atom stereocenters. The molecule has 26 heavy (non-hydrogen) atoms. The van der Waals surface area contributed by atoms with E-state index >= 15 is 0 Å². The SMILES string of the molecule is Cc1cc(C(=O)NC2CC(c3cc(=O)[nH]cn3)C2)cc(S(N)(=O)=O)c1C. The van der Waals surface area contributed by atoms with Gasteiger partial charge in [-0.25, -0.2) is 18.5 Å². The minimum atomic E-state index is -3.90. The molecule has 9 heteroatoms. The molecule has 0 bridgehead atoms. The second kappa shape index (κ2) is 6.65. The van der Waals surface area contributed by atoms with Crippen molar-refractivity contribution in [2.45, 2.75) is 43.5 Å². The van der Waals surface area contributed by atoms with Gasteiger partial charge in [0.05, 0.1) is 16.9 Å². The summed E-state index contributed by atoms with van der Waals surface area (Å²) < 4.78 is 23.4. The van der Waals surface area contributed by atoms with Crippen LogP contribution in [0.3, 0.4) is 0 Å². The van der Waals surface area contributed by atoms with Crippen molar-refractivity contribution in [1.29, 1.82) is 0 Å². The Morgan fingerprint density at radius 1 is 1.27 bits per heavy atom. The van der Waals surface area contributed by atoms with Crippen LogP contribution in [-0.2, 0) is 10.0 Å². The number of sulfonamides is 1. The van der Waals surface area contributed by atoms with E-state index in [0.717, 1.165) is 0 Å². The number of aryl methyl sites for hydroxylation is 1. The molecule has 0 atom stereocenters. The molecule has 138 valence electrons. The van der Waals surface area contributed by atoms with Gasteiger partial charge in [-0.3, -0.25) is 9.59 Å². The minimum absolute atomic E-state index is 0.0400. The molecule has 3 rings (SSSR count). The van der Waals surface area contributed by atoms with E-state index in [1.54, 1.807) is 19.9 Å². The van der Waals surface area contributed by atoms with Gasteiger partial charge in [-0.15, -0.1) is 0 Å². The lowest BCUT2D eigenvalue weighted by molar-refractivity contribution is 0.0908. The molecule has 0 radical (unpaired) electrons. The molecule has 2 aromatic rings. The van der Waals surface area contributed by atoms with Crippen LogP contribution in [0.5, 0.6) is 0 Å². The molecular weight excluding hydrogens is 356 g/mol. The van der Waals surface area contributed by atoms with Crippen LogP contribution in [0, 0.1) is 13.8 Å². The van der Waals surface area contributed by atoms with Gasteiger partial charge < -0.3 is 10.3 Å². The Hall–Kier alpha value is -2.52. The molecule has 1 fully saturated rings. The number of carbonyl (C=O) groups excluding carboxylic acids is 1. The lowest BCUT2D eigenvalue weighted by Crippen LogP contribution is -2.43. The van der Waals surface area contributed by atoms with Crippen molar-refractivity contribution >= 4 is 15.9 Å². The number of hydrogen-bond donors (Lipinski definition) is 3. The number of aromatic nitrogens is 2. The van der Waals surface area contributed by atoms with Gasteiger partial charge in [0.15, 0.2) is 0 Å². The van der Waals surface area contributed by atoms with Gasteiger partial charge in [0.1, 0.15) is 0 Å². The third-order valence-corrected chi connectivity index (χ3v) is 5.82. The van der Waals surface area contributed by atoms with Gasteiger partial charge in [-0.05, 0) is 49.9 Å². The zero-order valence-corrected chi connectivity index (χ0v) is 15.3. The third-order valence-electron chi connectivity index (χ3n) is 4.78. The van der Waals surface area contributed by atoms with Crippen molar-refractivity contribution in [3.63, 3.8) is 0 Å². The molecule has 4 N–H and O–H groups in total. The highest BCUT2D eigenvalue weighted by Crippen LogP contribution is 2.35. The van der Waals surface area contributed by atoms with Gasteiger partial charge in [-0.2, -0.15) is 0 Å². The van der Waals surface area contributed by atoms with E-state index in [0.29, 0.717) is 29.7 Å². The summed E-state index contributed by atoms with van der Waals surface area (Å²) in [6.07, 6.45) is 2.72. The van der Waals surface area contributed by atoms with Crippen LogP contribution >= 0.6 is 0 Å². The maximum Gasteiger partial charge on any atom is 0.251 e. The Bertz CT molecular complexity index is 1020. The molecule has 1 aliphatic rings. The Morgan fingerprint density at radius 2 is 1.96 bits per heavy atom. The van der Waals surface area contributed by atoms with Gasteiger partial charge in [-0.1, -0.05) is 0 Å². The van der Waals surface area contributed by atoms with Crippen LogP contribution in [0.1, 0.15) is 45.9 Å². The number of primary sulfonamides is 1. The highest BCUT2D eigenvalue weighted by Gasteiger charge is 2.33. The molecule has 1 aromatic carbocycles. The standard InChI is InChI=1S/C17H20N4O4S/c1-9-3-12(6-15(10(9)2)26(18,24)25)17(23)21-13-4-11(5-13)14-7-16(22)20-8-19-14/h3,6-8,11,13H,4-5H2,1-2H3,(H,21,23)(H2,18,24,25)(H,19,20,22). The topological polar surface area (TPSA) is 135 Å². The summed E-state index contributed by atoms with van der Waals surface area (Å²) in [7, 11) is -3.90. The van der Waals surface area contributed by atoms with Crippen molar-refractivity contribution < 1.29 is 13.2 Å². The number of carbonyl (C=O) groups is 1. The number of nitrogens with zero attached hydrogens (tertiary/aromatic N) is 1. The summed E-state index contributed by atoms with van der Waals surface area (Å²) in [5.74, 6) is -0.220. The van der Waals surface area contributed by atoms with E-state index in [2.05, 4.69) is 15.3 Å². The molecule has 1 saturated carbocycles.